The molecule has 2 bridgehead atoms. The van der Waals surface area contributed by atoms with Crippen LogP contribution in [-0.2, 0) is 4.79 Å². The molecule has 0 saturated carbocycles. The summed E-state index contributed by atoms with van der Waals surface area (Å²) in [6, 6.07) is 2.98. The van der Waals surface area contributed by atoms with Crippen LogP contribution in [0.4, 0.5) is 5.69 Å². The van der Waals surface area contributed by atoms with Crippen molar-refractivity contribution in [2.75, 3.05) is 11.9 Å². The van der Waals surface area contributed by atoms with Crippen molar-refractivity contribution in [1.82, 2.24) is 14.9 Å². The Hall–Kier alpha value is -2.41. The number of H-pyrrole nitrogens is 1. The fourth-order valence-electron chi connectivity index (χ4n) is 4.61. The third-order valence-corrected chi connectivity index (χ3v) is 6.25. The van der Waals surface area contributed by atoms with Gasteiger partial charge in [-0.25, -0.2) is 4.98 Å². The van der Waals surface area contributed by atoms with Gasteiger partial charge < -0.3 is 16.0 Å². The van der Waals surface area contributed by atoms with E-state index < -0.39 is 5.91 Å². The van der Waals surface area contributed by atoms with Crippen molar-refractivity contribution in [1.29, 1.82) is 0 Å². The summed E-state index contributed by atoms with van der Waals surface area (Å²) in [6.07, 6.45) is 7.52. The zero-order valence-electron chi connectivity index (χ0n) is 16.8. The van der Waals surface area contributed by atoms with E-state index in [9.17, 15) is 9.59 Å². The Morgan fingerprint density at radius 1 is 1.29 bits per heavy atom. The van der Waals surface area contributed by atoms with E-state index in [0.717, 1.165) is 42.4 Å². The number of hydrogen-bond donors (Lipinski definition) is 3. The van der Waals surface area contributed by atoms with Crippen LogP contribution in [0.2, 0.25) is 0 Å². The van der Waals surface area contributed by atoms with Gasteiger partial charge in [-0.2, -0.15) is 0 Å². The molecule has 2 saturated heterocycles. The number of anilines is 1. The van der Waals surface area contributed by atoms with Crippen LogP contribution >= 0.6 is 0 Å². The predicted octanol–water partition coefficient (Wildman–Crippen LogP) is 2.68. The van der Waals surface area contributed by atoms with Crippen molar-refractivity contribution in [2.24, 2.45) is 11.1 Å². The van der Waals surface area contributed by atoms with E-state index in [4.69, 9.17) is 5.73 Å². The first-order valence-electron chi connectivity index (χ1n) is 10.1. The first-order chi connectivity index (χ1) is 13.2. The average molecular weight is 383 g/mol. The van der Waals surface area contributed by atoms with Gasteiger partial charge in [0.05, 0.1) is 17.8 Å². The molecule has 3 atom stereocenters. The van der Waals surface area contributed by atoms with Gasteiger partial charge in [-0.1, -0.05) is 20.8 Å². The molecule has 2 aliphatic rings. The highest BCUT2D eigenvalue weighted by Gasteiger charge is 2.42. The van der Waals surface area contributed by atoms with Crippen LogP contribution in [0.15, 0.2) is 18.5 Å². The Morgan fingerprint density at radius 3 is 2.57 bits per heavy atom. The lowest BCUT2D eigenvalue weighted by Crippen LogP contribution is -2.50. The Balaban J connectivity index is 1.53. The first-order valence-corrected chi connectivity index (χ1v) is 10.1. The number of aromatic nitrogens is 2. The van der Waals surface area contributed by atoms with Crippen molar-refractivity contribution in [3.8, 4) is 0 Å². The second-order valence-corrected chi connectivity index (χ2v) is 9.19. The lowest BCUT2D eigenvalue weighted by atomic mass is 9.89. The number of nitrogens with one attached hydrogen (secondary N) is 2. The first kappa shape index (κ1) is 18.9. The molecule has 1 amide bonds. The van der Waals surface area contributed by atoms with Crippen LogP contribution in [0.1, 0.15) is 56.8 Å². The van der Waals surface area contributed by atoms with Crippen LogP contribution in [0, 0.1) is 5.41 Å². The number of nitrogens with zero attached hydrogens (tertiary/aromatic N) is 2. The largest absolute Gasteiger partial charge is 0.381 e. The monoisotopic (exact) mass is 383 g/mol. The number of Topliss-reactive ketones (excluding diaryl/α,β-unsaturated/α-hetero) is 1. The second-order valence-electron chi connectivity index (χ2n) is 9.19. The summed E-state index contributed by atoms with van der Waals surface area (Å²) in [5.74, 6) is -0.177. The van der Waals surface area contributed by atoms with E-state index in [-0.39, 0.29) is 11.5 Å². The van der Waals surface area contributed by atoms with Crippen LogP contribution in [-0.4, -0.2) is 51.2 Å². The number of rotatable bonds is 5. The minimum absolute atomic E-state index is 0.247. The number of hydrogen-bond acceptors (Lipinski definition) is 5. The van der Waals surface area contributed by atoms with Gasteiger partial charge in [-0.3, -0.25) is 14.5 Å². The molecule has 0 aliphatic carbocycles. The van der Waals surface area contributed by atoms with Crippen LogP contribution < -0.4 is 11.1 Å². The van der Waals surface area contributed by atoms with Crippen molar-refractivity contribution in [3.05, 3.63) is 24.0 Å². The van der Waals surface area contributed by atoms with Gasteiger partial charge in [0.25, 0.3) is 5.91 Å². The highest BCUT2D eigenvalue weighted by Crippen LogP contribution is 2.38. The van der Waals surface area contributed by atoms with Crippen molar-refractivity contribution >= 4 is 28.4 Å². The summed E-state index contributed by atoms with van der Waals surface area (Å²) in [5.41, 5.74) is 7.21. The molecular formula is C21H29N5O2. The number of ketones is 1. The van der Waals surface area contributed by atoms with Gasteiger partial charge in [0.1, 0.15) is 5.65 Å². The number of nitrogens with two attached hydrogens (primary N) is 1. The van der Waals surface area contributed by atoms with E-state index in [2.05, 4.69) is 20.2 Å². The normalized spacial score (nSPS) is 25.2. The number of fused-ring (bicyclic) bond motifs is 3. The lowest BCUT2D eigenvalue weighted by Gasteiger charge is -2.40. The number of carbonyl (C=O) groups is 2. The van der Waals surface area contributed by atoms with Crippen LogP contribution in [0.25, 0.3) is 11.0 Å². The summed E-state index contributed by atoms with van der Waals surface area (Å²) in [7, 11) is 0. The van der Waals surface area contributed by atoms with Crippen molar-refractivity contribution in [2.45, 2.75) is 64.6 Å². The standard InChI is InChI=1S/C21H29N5O2/c1-21(2,3)17(27)11-26-13-4-5-14(26)9-12(8-13)25-18-15-6-7-23-20(15)24-10-16(18)19(22)28/h6-7,10,12-14H,4-5,8-9,11H2,1-3H3,(H2,22,28)(H2,23,24,25)/t12-,13-,14+. The molecule has 2 aromatic rings. The van der Waals surface area contributed by atoms with E-state index in [1.54, 1.807) is 0 Å². The van der Waals surface area contributed by atoms with E-state index in [1.807, 2.05) is 33.0 Å². The number of piperidine rings is 1. The molecule has 7 nitrogen and oxygen atoms in total. The molecule has 150 valence electrons. The molecule has 0 spiro atoms. The van der Waals surface area contributed by atoms with E-state index in [1.165, 1.54) is 6.20 Å². The summed E-state index contributed by atoms with van der Waals surface area (Å²) >= 11 is 0. The molecular weight excluding hydrogens is 354 g/mol. The maximum Gasteiger partial charge on any atom is 0.252 e. The van der Waals surface area contributed by atoms with E-state index >= 15 is 0 Å². The highest BCUT2D eigenvalue weighted by atomic mass is 16.1. The van der Waals surface area contributed by atoms with Crippen molar-refractivity contribution in [3.63, 3.8) is 0 Å². The maximum absolute atomic E-state index is 12.5. The third-order valence-electron chi connectivity index (χ3n) is 6.25. The second kappa shape index (κ2) is 6.88. The Morgan fingerprint density at radius 2 is 1.96 bits per heavy atom. The summed E-state index contributed by atoms with van der Waals surface area (Å²) in [4.78, 5) is 34.2. The van der Waals surface area contributed by atoms with Gasteiger partial charge in [0.15, 0.2) is 5.78 Å². The summed E-state index contributed by atoms with van der Waals surface area (Å²) < 4.78 is 0. The Kier molecular flexibility index (Phi) is 4.65. The Labute approximate surface area is 165 Å². The number of primary amides is 1. The minimum atomic E-state index is -0.478. The number of pyridine rings is 1. The molecule has 4 N–H and O–H groups in total. The zero-order chi connectivity index (χ0) is 20.1. The van der Waals surface area contributed by atoms with Gasteiger partial charge in [0.2, 0.25) is 0 Å². The smallest absolute Gasteiger partial charge is 0.252 e. The molecule has 0 radical (unpaired) electrons. The number of carbonyl (C=O) groups excluding carboxylic acids is 2. The number of aromatic amines is 1. The molecule has 0 unspecified atom stereocenters. The molecule has 2 fully saturated rings. The van der Waals surface area contributed by atoms with Gasteiger partial charge in [-0.05, 0) is 31.7 Å². The molecule has 4 heterocycles. The topological polar surface area (TPSA) is 104 Å². The van der Waals surface area contributed by atoms with Gasteiger partial charge >= 0.3 is 0 Å². The summed E-state index contributed by atoms with van der Waals surface area (Å²) in [6.45, 7) is 6.50. The molecule has 2 aliphatic heterocycles. The average Bonchev–Trinajstić information content (AvgIpc) is 3.17. The third kappa shape index (κ3) is 3.39. The molecule has 28 heavy (non-hydrogen) atoms. The van der Waals surface area contributed by atoms with Gasteiger partial charge in [0, 0.05) is 41.3 Å². The van der Waals surface area contributed by atoms with Gasteiger partial charge in [-0.15, -0.1) is 0 Å². The fourth-order valence-corrected chi connectivity index (χ4v) is 4.61. The summed E-state index contributed by atoms with van der Waals surface area (Å²) in [5, 5.41) is 4.48. The lowest BCUT2D eigenvalue weighted by molar-refractivity contribution is -0.128. The number of amides is 1. The zero-order valence-corrected chi connectivity index (χ0v) is 16.8. The quantitative estimate of drug-likeness (QED) is 0.736. The maximum atomic E-state index is 12.5. The highest BCUT2D eigenvalue weighted by molar-refractivity contribution is 6.06. The molecule has 7 heteroatoms. The van der Waals surface area contributed by atoms with Crippen LogP contribution in [0.3, 0.4) is 0 Å². The van der Waals surface area contributed by atoms with Crippen molar-refractivity contribution < 1.29 is 9.59 Å². The van der Waals surface area contributed by atoms with Crippen LogP contribution in [0.5, 0.6) is 0 Å². The fraction of sp³-hybridized carbons (Fsp3) is 0.571. The molecule has 0 aromatic carbocycles. The molecule has 4 rings (SSSR count). The van der Waals surface area contributed by atoms with E-state index in [0.29, 0.717) is 30.0 Å². The molecule has 2 aromatic heterocycles. The SMILES string of the molecule is CC(C)(C)C(=O)CN1[C@@H]2CC[C@H]1C[C@H](Nc1c(C(N)=O)cnc3[nH]ccc13)C2. The predicted molar refractivity (Wildman–Crippen MR) is 109 cm³/mol. The minimum Gasteiger partial charge on any atom is -0.381 e. The Bertz CT molecular complexity index is 899.